The Bertz CT molecular complexity index is 371. The van der Waals surface area contributed by atoms with Crippen molar-refractivity contribution in [1.82, 2.24) is 4.98 Å². The molecule has 0 amide bonds. The average Bonchev–Trinajstić information content (AvgIpc) is 2.69. The molecule has 1 aromatic heterocycles. The Balaban J connectivity index is 2.20. The van der Waals surface area contributed by atoms with Crippen molar-refractivity contribution in [2.75, 3.05) is 11.9 Å². The first-order chi connectivity index (χ1) is 8.17. The fraction of sp³-hybridized carbons (Fsp3) is 0.769. The lowest BCUT2D eigenvalue weighted by molar-refractivity contribution is 0.400. The molecule has 96 valence electrons. The van der Waals surface area contributed by atoms with Crippen LogP contribution in [0.3, 0.4) is 0 Å². The second kappa shape index (κ2) is 5.36. The van der Waals surface area contributed by atoms with Gasteiger partial charge in [-0.3, -0.25) is 0 Å². The van der Waals surface area contributed by atoms with E-state index in [1.807, 2.05) is 0 Å². The number of rotatable bonds is 5. The lowest BCUT2D eigenvalue weighted by Gasteiger charge is -2.34. The Kier molecular flexibility index (Phi) is 4.05. The third-order valence-corrected chi connectivity index (χ3v) is 5.09. The van der Waals surface area contributed by atoms with E-state index in [9.17, 15) is 0 Å². The van der Waals surface area contributed by atoms with Gasteiger partial charge in [-0.05, 0) is 31.6 Å². The summed E-state index contributed by atoms with van der Waals surface area (Å²) in [5.41, 5.74) is 7.05. The minimum atomic E-state index is 0.522. The highest BCUT2D eigenvalue weighted by Gasteiger charge is 2.25. The third-order valence-electron chi connectivity index (χ3n) is 3.90. The van der Waals surface area contributed by atoms with Crippen molar-refractivity contribution in [3.63, 3.8) is 0 Å². The normalized spacial score (nSPS) is 17.9. The van der Waals surface area contributed by atoms with Gasteiger partial charge >= 0.3 is 0 Å². The third kappa shape index (κ3) is 2.47. The van der Waals surface area contributed by atoms with Crippen molar-refractivity contribution >= 4 is 16.5 Å². The molecular formula is C13H23N3S. The molecule has 0 radical (unpaired) electrons. The van der Waals surface area contributed by atoms with Crippen LogP contribution < -0.4 is 10.6 Å². The van der Waals surface area contributed by atoms with E-state index >= 15 is 0 Å². The van der Waals surface area contributed by atoms with Gasteiger partial charge in [-0.2, -0.15) is 0 Å². The van der Waals surface area contributed by atoms with E-state index in [0.717, 1.165) is 11.6 Å². The van der Waals surface area contributed by atoms with E-state index in [1.54, 1.807) is 11.3 Å². The molecule has 4 heteroatoms. The van der Waals surface area contributed by atoms with Gasteiger partial charge in [0.2, 0.25) is 0 Å². The molecular weight excluding hydrogens is 230 g/mol. The Labute approximate surface area is 108 Å². The van der Waals surface area contributed by atoms with E-state index in [2.05, 4.69) is 25.8 Å². The molecule has 1 atom stereocenters. The summed E-state index contributed by atoms with van der Waals surface area (Å²) in [4.78, 5) is 8.43. The maximum atomic E-state index is 5.83. The van der Waals surface area contributed by atoms with Crippen molar-refractivity contribution < 1.29 is 0 Å². The summed E-state index contributed by atoms with van der Waals surface area (Å²) >= 11 is 1.78. The minimum absolute atomic E-state index is 0.522. The highest BCUT2D eigenvalue weighted by atomic mass is 32.1. The molecule has 1 aliphatic carbocycles. The summed E-state index contributed by atoms with van der Waals surface area (Å²) in [5, 5.41) is 1.16. The van der Waals surface area contributed by atoms with Crippen LogP contribution in [-0.4, -0.2) is 18.1 Å². The van der Waals surface area contributed by atoms with Gasteiger partial charge in [0.05, 0.1) is 5.69 Å². The van der Waals surface area contributed by atoms with Crippen molar-refractivity contribution in [1.29, 1.82) is 0 Å². The average molecular weight is 253 g/mol. The highest BCUT2D eigenvalue weighted by Crippen LogP contribution is 2.35. The first-order valence-electron chi connectivity index (χ1n) is 6.59. The highest BCUT2D eigenvalue weighted by molar-refractivity contribution is 7.15. The summed E-state index contributed by atoms with van der Waals surface area (Å²) in [7, 11) is 2.17. The molecule has 1 unspecified atom stereocenters. The van der Waals surface area contributed by atoms with Crippen LogP contribution in [0, 0.1) is 0 Å². The number of anilines is 1. The number of nitrogens with zero attached hydrogens (tertiary/aromatic N) is 2. The second-order valence-corrected chi connectivity index (χ2v) is 6.08. The molecule has 0 aliphatic heterocycles. The van der Waals surface area contributed by atoms with Crippen molar-refractivity contribution in [2.24, 2.45) is 5.73 Å². The maximum absolute atomic E-state index is 5.83. The molecule has 2 rings (SSSR count). The molecule has 0 saturated heterocycles. The maximum Gasteiger partial charge on any atom is 0.185 e. The number of nitrogens with two attached hydrogens (primary N) is 1. The van der Waals surface area contributed by atoms with Crippen LogP contribution in [0.15, 0.2) is 0 Å². The van der Waals surface area contributed by atoms with Gasteiger partial charge in [0.1, 0.15) is 0 Å². The van der Waals surface area contributed by atoms with Gasteiger partial charge in [0.15, 0.2) is 5.13 Å². The van der Waals surface area contributed by atoms with Gasteiger partial charge in [-0.25, -0.2) is 4.98 Å². The van der Waals surface area contributed by atoms with E-state index in [0.29, 0.717) is 18.5 Å². The smallest absolute Gasteiger partial charge is 0.185 e. The summed E-state index contributed by atoms with van der Waals surface area (Å²) in [6.07, 6.45) is 5.12. The zero-order valence-electron chi connectivity index (χ0n) is 11.1. The van der Waals surface area contributed by atoms with Crippen LogP contribution in [0.1, 0.15) is 56.0 Å². The molecule has 1 saturated carbocycles. The summed E-state index contributed by atoms with van der Waals surface area (Å²) in [6, 6.07) is 0.705. The predicted molar refractivity (Wildman–Crippen MR) is 74.8 cm³/mol. The summed E-state index contributed by atoms with van der Waals surface area (Å²) in [5.74, 6) is 0.522. The molecule has 0 aromatic carbocycles. The van der Waals surface area contributed by atoms with E-state index in [-0.39, 0.29) is 0 Å². The fourth-order valence-electron chi connectivity index (χ4n) is 2.16. The molecule has 0 bridgehead atoms. The number of hydrogen-bond donors (Lipinski definition) is 1. The van der Waals surface area contributed by atoms with E-state index < -0.39 is 0 Å². The molecule has 1 aromatic rings. The summed E-state index contributed by atoms with van der Waals surface area (Å²) in [6.45, 7) is 5.07. The summed E-state index contributed by atoms with van der Waals surface area (Å²) < 4.78 is 0. The topological polar surface area (TPSA) is 42.2 Å². The molecule has 1 heterocycles. The van der Waals surface area contributed by atoms with Crippen molar-refractivity contribution in [3.8, 4) is 0 Å². The number of thiazole rings is 1. The van der Waals surface area contributed by atoms with Crippen LogP contribution in [0.25, 0.3) is 0 Å². The molecule has 2 N–H and O–H groups in total. The Morgan fingerprint density at radius 2 is 2.24 bits per heavy atom. The molecule has 17 heavy (non-hydrogen) atoms. The molecule has 1 aliphatic rings. The monoisotopic (exact) mass is 253 g/mol. The molecule has 3 nitrogen and oxygen atoms in total. The second-order valence-electron chi connectivity index (χ2n) is 5.01. The van der Waals surface area contributed by atoms with Crippen molar-refractivity contribution in [2.45, 2.75) is 58.0 Å². The SMILES string of the molecule is CCC(C)c1nc(N(C)C2CCC2)sc1CN. The quantitative estimate of drug-likeness (QED) is 0.876. The van der Waals surface area contributed by atoms with Crippen LogP contribution in [0.2, 0.25) is 0 Å². The first kappa shape index (κ1) is 12.8. The van der Waals surface area contributed by atoms with Gasteiger partial charge in [0.25, 0.3) is 0 Å². The van der Waals surface area contributed by atoms with E-state index in [1.165, 1.54) is 29.8 Å². The first-order valence-corrected chi connectivity index (χ1v) is 7.41. The number of hydrogen-bond acceptors (Lipinski definition) is 4. The Hall–Kier alpha value is -0.610. The zero-order valence-corrected chi connectivity index (χ0v) is 11.9. The Morgan fingerprint density at radius 3 is 2.71 bits per heavy atom. The van der Waals surface area contributed by atoms with Crippen LogP contribution in [-0.2, 0) is 6.54 Å². The van der Waals surface area contributed by atoms with Crippen LogP contribution >= 0.6 is 11.3 Å². The molecule has 0 spiro atoms. The van der Waals surface area contributed by atoms with Crippen LogP contribution in [0.5, 0.6) is 0 Å². The fourth-order valence-corrected chi connectivity index (χ4v) is 3.25. The van der Waals surface area contributed by atoms with Gasteiger partial charge in [0, 0.05) is 24.5 Å². The Morgan fingerprint density at radius 1 is 1.53 bits per heavy atom. The van der Waals surface area contributed by atoms with Gasteiger partial charge in [-0.1, -0.05) is 13.8 Å². The van der Waals surface area contributed by atoms with Gasteiger partial charge < -0.3 is 10.6 Å². The van der Waals surface area contributed by atoms with Crippen molar-refractivity contribution in [3.05, 3.63) is 10.6 Å². The lowest BCUT2D eigenvalue weighted by Crippen LogP contribution is -2.37. The minimum Gasteiger partial charge on any atom is -0.348 e. The predicted octanol–water partition coefficient (Wildman–Crippen LogP) is 3.10. The van der Waals surface area contributed by atoms with Gasteiger partial charge in [-0.15, -0.1) is 11.3 Å². The van der Waals surface area contributed by atoms with E-state index in [4.69, 9.17) is 10.7 Å². The zero-order chi connectivity index (χ0) is 12.4. The van der Waals surface area contributed by atoms with Crippen LogP contribution in [0.4, 0.5) is 5.13 Å². The standard InChI is InChI=1S/C13H23N3S/c1-4-9(2)12-11(8-14)17-13(15-12)16(3)10-6-5-7-10/h9-10H,4-8,14H2,1-3H3. The lowest BCUT2D eigenvalue weighted by atomic mass is 9.92. The largest absolute Gasteiger partial charge is 0.348 e. The number of aromatic nitrogens is 1. The molecule has 1 fully saturated rings.